The number of nitrogens with zero attached hydrogens (tertiary/aromatic N) is 1. The van der Waals surface area contributed by atoms with Crippen molar-refractivity contribution in [3.63, 3.8) is 0 Å². The van der Waals surface area contributed by atoms with Crippen molar-refractivity contribution in [3.05, 3.63) is 11.4 Å². The SMILES string of the molecule is CC.CCOC(=O)C1=C(C)N(C(C)C)CN1. The van der Waals surface area contributed by atoms with E-state index in [1.165, 1.54) is 0 Å². The first-order chi connectivity index (χ1) is 7.57. The molecule has 0 aliphatic carbocycles. The summed E-state index contributed by atoms with van der Waals surface area (Å²) in [6, 6.07) is 0.398. The molecule has 4 nitrogen and oxygen atoms in total. The summed E-state index contributed by atoms with van der Waals surface area (Å²) in [7, 11) is 0. The van der Waals surface area contributed by atoms with Gasteiger partial charge in [0.25, 0.3) is 0 Å². The summed E-state index contributed by atoms with van der Waals surface area (Å²) >= 11 is 0. The second-order valence-electron chi connectivity index (χ2n) is 3.58. The molecular formula is C12H24N2O2. The van der Waals surface area contributed by atoms with Gasteiger partial charge in [-0.05, 0) is 27.7 Å². The maximum Gasteiger partial charge on any atom is 0.356 e. The molecule has 0 aromatic carbocycles. The zero-order chi connectivity index (χ0) is 12.7. The Kier molecular flexibility index (Phi) is 6.61. The van der Waals surface area contributed by atoms with E-state index in [0.717, 1.165) is 5.70 Å². The molecule has 0 aromatic heterocycles. The molecular weight excluding hydrogens is 204 g/mol. The van der Waals surface area contributed by atoms with Crippen LogP contribution in [0, 0.1) is 0 Å². The van der Waals surface area contributed by atoms with Gasteiger partial charge in [-0.25, -0.2) is 4.79 Å². The molecule has 1 aliphatic heterocycles. The Labute approximate surface area is 98.6 Å². The van der Waals surface area contributed by atoms with Gasteiger partial charge in [-0.1, -0.05) is 13.8 Å². The van der Waals surface area contributed by atoms with Gasteiger partial charge in [0.2, 0.25) is 0 Å². The lowest BCUT2D eigenvalue weighted by molar-refractivity contribution is -0.138. The van der Waals surface area contributed by atoms with E-state index in [1.54, 1.807) is 0 Å². The van der Waals surface area contributed by atoms with Crippen LogP contribution in [0.5, 0.6) is 0 Å². The number of carbonyl (C=O) groups excluding carboxylic acids is 1. The predicted molar refractivity (Wildman–Crippen MR) is 65.7 cm³/mol. The highest BCUT2D eigenvalue weighted by Gasteiger charge is 2.25. The van der Waals surface area contributed by atoms with Crippen LogP contribution in [0.1, 0.15) is 41.5 Å². The van der Waals surface area contributed by atoms with Gasteiger partial charge in [0.1, 0.15) is 5.70 Å². The lowest BCUT2D eigenvalue weighted by atomic mass is 10.3. The largest absolute Gasteiger partial charge is 0.461 e. The quantitative estimate of drug-likeness (QED) is 0.751. The van der Waals surface area contributed by atoms with Crippen LogP contribution >= 0.6 is 0 Å². The summed E-state index contributed by atoms with van der Waals surface area (Å²) in [5, 5.41) is 3.05. The molecule has 1 N–H and O–H groups in total. The zero-order valence-electron chi connectivity index (χ0n) is 11.3. The predicted octanol–water partition coefficient (Wildman–Crippen LogP) is 2.08. The van der Waals surface area contributed by atoms with E-state index in [-0.39, 0.29) is 5.97 Å². The van der Waals surface area contributed by atoms with Crippen molar-refractivity contribution in [1.82, 2.24) is 10.2 Å². The summed E-state index contributed by atoms with van der Waals surface area (Å²) in [6.07, 6.45) is 0. The van der Waals surface area contributed by atoms with E-state index >= 15 is 0 Å². The molecule has 0 fully saturated rings. The second kappa shape index (κ2) is 7.14. The fourth-order valence-electron chi connectivity index (χ4n) is 1.55. The van der Waals surface area contributed by atoms with Gasteiger partial charge in [-0.2, -0.15) is 0 Å². The summed E-state index contributed by atoms with van der Waals surface area (Å²) < 4.78 is 4.94. The molecule has 1 aliphatic rings. The summed E-state index contributed by atoms with van der Waals surface area (Å²) in [5.41, 5.74) is 1.57. The Hall–Kier alpha value is -1.19. The van der Waals surface area contributed by atoms with Crippen LogP contribution in [0.3, 0.4) is 0 Å². The number of nitrogens with one attached hydrogen (secondary N) is 1. The first-order valence-electron chi connectivity index (χ1n) is 5.96. The molecule has 0 atom stereocenters. The normalized spacial score (nSPS) is 14.6. The van der Waals surface area contributed by atoms with Gasteiger partial charge in [0.15, 0.2) is 0 Å². The van der Waals surface area contributed by atoms with Crippen LogP contribution in [-0.4, -0.2) is 30.2 Å². The van der Waals surface area contributed by atoms with Gasteiger partial charge >= 0.3 is 5.97 Å². The van der Waals surface area contributed by atoms with Crippen molar-refractivity contribution >= 4 is 5.97 Å². The highest BCUT2D eigenvalue weighted by Crippen LogP contribution is 2.17. The molecule has 0 unspecified atom stereocenters. The molecule has 1 heterocycles. The van der Waals surface area contributed by atoms with E-state index in [1.807, 2.05) is 27.7 Å². The molecule has 0 saturated carbocycles. The van der Waals surface area contributed by atoms with Crippen LogP contribution in [0.2, 0.25) is 0 Å². The third-order valence-electron chi connectivity index (χ3n) is 2.32. The lowest BCUT2D eigenvalue weighted by Gasteiger charge is -2.23. The Morgan fingerprint density at radius 1 is 1.50 bits per heavy atom. The van der Waals surface area contributed by atoms with E-state index in [0.29, 0.717) is 25.0 Å². The molecule has 94 valence electrons. The van der Waals surface area contributed by atoms with Gasteiger partial charge in [0.05, 0.1) is 13.3 Å². The van der Waals surface area contributed by atoms with Crippen molar-refractivity contribution in [2.75, 3.05) is 13.3 Å². The van der Waals surface area contributed by atoms with Crippen LogP contribution < -0.4 is 5.32 Å². The average molecular weight is 228 g/mol. The molecule has 0 aromatic rings. The number of ether oxygens (including phenoxy) is 1. The van der Waals surface area contributed by atoms with E-state index in [9.17, 15) is 4.79 Å². The highest BCUT2D eigenvalue weighted by atomic mass is 16.5. The van der Waals surface area contributed by atoms with Gasteiger partial charge < -0.3 is 15.0 Å². The Balaban J connectivity index is 0.00000106. The van der Waals surface area contributed by atoms with Crippen molar-refractivity contribution < 1.29 is 9.53 Å². The topological polar surface area (TPSA) is 41.6 Å². The third kappa shape index (κ3) is 3.43. The Bertz CT molecular complexity index is 260. The Morgan fingerprint density at radius 2 is 2.06 bits per heavy atom. The number of rotatable bonds is 3. The van der Waals surface area contributed by atoms with Crippen molar-refractivity contribution in [1.29, 1.82) is 0 Å². The monoisotopic (exact) mass is 228 g/mol. The number of allylic oxidation sites excluding steroid dienone is 1. The molecule has 0 amide bonds. The van der Waals surface area contributed by atoms with E-state index in [2.05, 4.69) is 24.1 Å². The van der Waals surface area contributed by atoms with Crippen LogP contribution in [0.25, 0.3) is 0 Å². The molecule has 4 heteroatoms. The molecule has 16 heavy (non-hydrogen) atoms. The zero-order valence-corrected chi connectivity index (χ0v) is 11.3. The maximum absolute atomic E-state index is 11.5. The fourth-order valence-corrected chi connectivity index (χ4v) is 1.55. The first-order valence-corrected chi connectivity index (χ1v) is 5.96. The smallest absolute Gasteiger partial charge is 0.356 e. The van der Waals surface area contributed by atoms with E-state index in [4.69, 9.17) is 4.74 Å². The molecule has 0 bridgehead atoms. The number of esters is 1. The summed E-state index contributed by atoms with van der Waals surface area (Å²) in [6.45, 7) is 13.0. The van der Waals surface area contributed by atoms with Gasteiger partial charge in [-0.3, -0.25) is 0 Å². The average Bonchev–Trinajstić information content (AvgIpc) is 2.63. The minimum absolute atomic E-state index is 0.256. The second-order valence-corrected chi connectivity index (χ2v) is 3.58. The molecule has 1 rings (SSSR count). The molecule has 0 saturated heterocycles. The van der Waals surface area contributed by atoms with Gasteiger partial charge in [0, 0.05) is 11.7 Å². The summed E-state index contributed by atoms with van der Waals surface area (Å²) in [5.74, 6) is -0.256. The Morgan fingerprint density at radius 3 is 2.44 bits per heavy atom. The highest BCUT2D eigenvalue weighted by molar-refractivity contribution is 5.89. The maximum atomic E-state index is 11.5. The number of carbonyl (C=O) groups is 1. The third-order valence-corrected chi connectivity index (χ3v) is 2.32. The fraction of sp³-hybridized carbons (Fsp3) is 0.750. The lowest BCUT2D eigenvalue weighted by Crippen LogP contribution is -2.29. The molecule has 0 radical (unpaired) electrons. The number of hydrogen-bond acceptors (Lipinski definition) is 4. The van der Waals surface area contributed by atoms with Gasteiger partial charge in [-0.15, -0.1) is 0 Å². The minimum Gasteiger partial charge on any atom is -0.461 e. The van der Waals surface area contributed by atoms with Crippen LogP contribution in [0.4, 0.5) is 0 Å². The minimum atomic E-state index is -0.256. The van der Waals surface area contributed by atoms with Crippen molar-refractivity contribution in [2.24, 2.45) is 0 Å². The standard InChI is InChI=1S/C10H18N2O2.C2H6/c1-5-14-10(13)9-8(4)12(6-11-9)7(2)3;1-2/h7,11H,5-6H2,1-4H3;1-2H3. The number of hydrogen-bond donors (Lipinski definition) is 1. The van der Waals surface area contributed by atoms with Crippen LogP contribution in [0.15, 0.2) is 11.4 Å². The summed E-state index contributed by atoms with van der Waals surface area (Å²) in [4.78, 5) is 13.6. The van der Waals surface area contributed by atoms with Crippen molar-refractivity contribution in [3.8, 4) is 0 Å². The van der Waals surface area contributed by atoms with Crippen molar-refractivity contribution in [2.45, 2.75) is 47.6 Å². The van der Waals surface area contributed by atoms with Crippen LogP contribution in [-0.2, 0) is 9.53 Å². The van der Waals surface area contributed by atoms with E-state index < -0.39 is 0 Å². The molecule has 0 spiro atoms. The first kappa shape index (κ1) is 14.8.